The van der Waals surface area contributed by atoms with Gasteiger partial charge in [0.2, 0.25) is 0 Å². The van der Waals surface area contributed by atoms with Gasteiger partial charge in [-0.1, -0.05) is 69.1 Å². The average Bonchev–Trinajstić information content (AvgIpc) is 2.69. The van der Waals surface area contributed by atoms with Crippen molar-refractivity contribution < 1.29 is 19.1 Å². The van der Waals surface area contributed by atoms with E-state index in [1.807, 2.05) is 0 Å². The molecule has 0 bridgehead atoms. The molecule has 0 fully saturated rings. The number of hydrogen-bond donors (Lipinski definition) is 0. The Hall–Kier alpha value is -2.21. The van der Waals surface area contributed by atoms with E-state index in [1.54, 1.807) is 41.5 Å². The lowest BCUT2D eigenvalue weighted by molar-refractivity contribution is -0.00721. The standard InChI is InChI=1S/C26H48N4O4/c1-8-9-10-11-12-13-14-15-16-17-18-19-20-22(21-28-29-27)30(23(31)33-25(2,3)4)24(32)34-26(5,6)7/h17-18,22H,8-16,19-21H2,1-7H3/b18-17-/t22-/m0/s1. The van der Waals surface area contributed by atoms with Gasteiger partial charge in [-0.05, 0) is 72.8 Å². The molecule has 34 heavy (non-hydrogen) atoms. The van der Waals surface area contributed by atoms with Crippen molar-refractivity contribution in [3.05, 3.63) is 22.6 Å². The summed E-state index contributed by atoms with van der Waals surface area (Å²) in [7, 11) is 0. The van der Waals surface area contributed by atoms with Gasteiger partial charge in [0.15, 0.2) is 0 Å². The van der Waals surface area contributed by atoms with E-state index in [4.69, 9.17) is 15.0 Å². The highest BCUT2D eigenvalue weighted by atomic mass is 16.6. The van der Waals surface area contributed by atoms with Crippen LogP contribution in [0.4, 0.5) is 9.59 Å². The molecule has 8 nitrogen and oxygen atoms in total. The second-order valence-corrected chi connectivity index (χ2v) is 10.7. The molecule has 0 heterocycles. The zero-order chi connectivity index (χ0) is 26.0. The fourth-order valence-corrected chi connectivity index (χ4v) is 3.35. The Bertz CT molecular complexity index is 631. The van der Waals surface area contributed by atoms with Crippen LogP contribution in [0.15, 0.2) is 17.3 Å². The summed E-state index contributed by atoms with van der Waals surface area (Å²) in [5.41, 5.74) is 7.25. The highest BCUT2D eigenvalue weighted by molar-refractivity contribution is 5.88. The third-order valence-corrected chi connectivity index (χ3v) is 4.96. The molecular formula is C26H48N4O4. The number of carbonyl (C=O) groups is 2. The summed E-state index contributed by atoms with van der Waals surface area (Å²) in [6, 6.07) is -0.659. The molecule has 196 valence electrons. The Balaban J connectivity index is 4.92. The Morgan fingerprint density at radius 3 is 1.79 bits per heavy atom. The maximum Gasteiger partial charge on any atom is 0.420 e. The molecule has 0 aromatic carbocycles. The second-order valence-electron chi connectivity index (χ2n) is 10.7. The van der Waals surface area contributed by atoms with Crippen molar-refractivity contribution in [3.63, 3.8) is 0 Å². The van der Waals surface area contributed by atoms with Crippen molar-refractivity contribution in [2.75, 3.05) is 6.54 Å². The minimum absolute atomic E-state index is 0.0408. The summed E-state index contributed by atoms with van der Waals surface area (Å²) < 4.78 is 10.9. The summed E-state index contributed by atoms with van der Waals surface area (Å²) in [5.74, 6) is 0. The van der Waals surface area contributed by atoms with Gasteiger partial charge in [-0.25, -0.2) is 14.5 Å². The molecule has 0 aliphatic heterocycles. The summed E-state index contributed by atoms with van der Waals surface area (Å²) in [6.45, 7) is 12.6. The molecule has 0 aliphatic rings. The minimum Gasteiger partial charge on any atom is -0.443 e. The number of azide groups is 1. The van der Waals surface area contributed by atoms with E-state index < -0.39 is 29.4 Å². The molecule has 0 aromatic heterocycles. The van der Waals surface area contributed by atoms with Crippen LogP contribution in [0.25, 0.3) is 10.4 Å². The summed E-state index contributed by atoms with van der Waals surface area (Å²) >= 11 is 0. The van der Waals surface area contributed by atoms with Crippen LogP contribution in [0.5, 0.6) is 0 Å². The second kappa shape index (κ2) is 17.3. The molecule has 0 radical (unpaired) electrons. The summed E-state index contributed by atoms with van der Waals surface area (Å²) in [4.78, 5) is 29.5. The number of imide groups is 1. The van der Waals surface area contributed by atoms with Gasteiger partial charge >= 0.3 is 12.2 Å². The lowest BCUT2D eigenvalue weighted by Crippen LogP contribution is -2.50. The largest absolute Gasteiger partial charge is 0.443 e. The number of carbonyl (C=O) groups excluding carboxylic acids is 2. The molecule has 0 aliphatic carbocycles. The van der Waals surface area contributed by atoms with E-state index in [0.29, 0.717) is 12.8 Å². The van der Waals surface area contributed by atoms with E-state index >= 15 is 0 Å². The highest BCUT2D eigenvalue weighted by Gasteiger charge is 2.36. The van der Waals surface area contributed by atoms with Gasteiger partial charge in [0.05, 0.1) is 6.04 Å². The molecule has 0 unspecified atom stereocenters. The maximum atomic E-state index is 12.9. The number of allylic oxidation sites excluding steroid dienone is 2. The maximum absolute atomic E-state index is 12.9. The first kappa shape index (κ1) is 31.8. The Morgan fingerprint density at radius 2 is 1.32 bits per heavy atom. The number of hydrogen-bond acceptors (Lipinski definition) is 5. The molecule has 2 amide bonds. The van der Waals surface area contributed by atoms with Gasteiger partial charge in [0.25, 0.3) is 0 Å². The van der Waals surface area contributed by atoms with Crippen molar-refractivity contribution in [1.29, 1.82) is 0 Å². The van der Waals surface area contributed by atoms with Gasteiger partial charge in [-0.3, -0.25) is 0 Å². The first-order valence-electron chi connectivity index (χ1n) is 12.8. The zero-order valence-corrected chi connectivity index (χ0v) is 22.6. The summed E-state index contributed by atoms with van der Waals surface area (Å²) in [5, 5.41) is 3.63. The minimum atomic E-state index is -0.803. The van der Waals surface area contributed by atoms with Gasteiger partial charge in [0.1, 0.15) is 11.2 Å². The van der Waals surface area contributed by atoms with Crippen LogP contribution < -0.4 is 0 Å². The molecule has 0 rings (SSSR count). The Labute approximate surface area is 207 Å². The van der Waals surface area contributed by atoms with Crippen molar-refractivity contribution in [2.45, 2.75) is 136 Å². The molecule has 8 heteroatoms. The lowest BCUT2D eigenvalue weighted by Gasteiger charge is -2.32. The van der Waals surface area contributed by atoms with Crippen LogP contribution in [0.1, 0.15) is 119 Å². The molecule has 0 N–H and O–H groups in total. The van der Waals surface area contributed by atoms with Crippen LogP contribution in [-0.4, -0.2) is 40.9 Å². The van der Waals surface area contributed by atoms with Crippen molar-refractivity contribution in [1.82, 2.24) is 4.90 Å². The SMILES string of the molecule is CCCCCCCCCC/C=C\CC[C@@H](CN=[N+]=[N-])N(C(=O)OC(C)(C)C)C(=O)OC(C)(C)C. The smallest absolute Gasteiger partial charge is 0.420 e. The summed E-state index contributed by atoms with van der Waals surface area (Å²) in [6.07, 6.45) is 15.0. The van der Waals surface area contributed by atoms with Crippen molar-refractivity contribution >= 4 is 12.2 Å². The number of amides is 2. The van der Waals surface area contributed by atoms with Gasteiger partial charge < -0.3 is 9.47 Å². The Kier molecular flexibility index (Phi) is 16.1. The molecule has 0 saturated carbocycles. The fraction of sp³-hybridized carbons (Fsp3) is 0.846. The van der Waals surface area contributed by atoms with Gasteiger partial charge in [-0.15, -0.1) is 0 Å². The van der Waals surface area contributed by atoms with E-state index in [9.17, 15) is 9.59 Å². The molecule has 0 saturated heterocycles. The molecule has 1 atom stereocenters. The number of unbranched alkanes of at least 4 members (excludes halogenated alkanes) is 8. The monoisotopic (exact) mass is 480 g/mol. The third-order valence-electron chi connectivity index (χ3n) is 4.96. The molecule has 0 spiro atoms. The highest BCUT2D eigenvalue weighted by Crippen LogP contribution is 2.20. The van der Waals surface area contributed by atoms with Gasteiger partial charge in [0, 0.05) is 11.5 Å². The van der Waals surface area contributed by atoms with Crippen LogP contribution >= 0.6 is 0 Å². The average molecular weight is 481 g/mol. The normalized spacial score (nSPS) is 12.8. The van der Waals surface area contributed by atoms with Crippen LogP contribution in [0, 0.1) is 0 Å². The van der Waals surface area contributed by atoms with E-state index in [-0.39, 0.29) is 6.54 Å². The Morgan fingerprint density at radius 1 is 0.853 bits per heavy atom. The van der Waals surface area contributed by atoms with Crippen molar-refractivity contribution in [2.24, 2.45) is 5.11 Å². The number of rotatable bonds is 15. The third kappa shape index (κ3) is 17.3. The predicted octanol–water partition coefficient (Wildman–Crippen LogP) is 8.70. The van der Waals surface area contributed by atoms with Crippen molar-refractivity contribution in [3.8, 4) is 0 Å². The number of nitrogens with zero attached hydrogens (tertiary/aromatic N) is 4. The topological polar surface area (TPSA) is 105 Å². The van der Waals surface area contributed by atoms with Crippen LogP contribution in [-0.2, 0) is 9.47 Å². The first-order chi connectivity index (χ1) is 15.9. The zero-order valence-electron chi connectivity index (χ0n) is 22.6. The first-order valence-corrected chi connectivity index (χ1v) is 12.8. The molecular weight excluding hydrogens is 432 g/mol. The van der Waals surface area contributed by atoms with E-state index in [1.165, 1.54) is 44.9 Å². The van der Waals surface area contributed by atoms with Crippen LogP contribution in [0.3, 0.4) is 0 Å². The number of ether oxygens (including phenoxy) is 2. The van der Waals surface area contributed by atoms with Gasteiger partial charge in [-0.2, -0.15) is 0 Å². The lowest BCUT2D eigenvalue weighted by atomic mass is 10.1. The van der Waals surface area contributed by atoms with Crippen LogP contribution in [0.2, 0.25) is 0 Å². The van der Waals surface area contributed by atoms with E-state index in [2.05, 4.69) is 29.1 Å². The van der Waals surface area contributed by atoms with E-state index in [0.717, 1.165) is 17.7 Å². The quantitative estimate of drug-likeness (QED) is 0.0768. The predicted molar refractivity (Wildman–Crippen MR) is 138 cm³/mol. The molecule has 0 aromatic rings. The fourth-order valence-electron chi connectivity index (χ4n) is 3.35.